The maximum atomic E-state index is 12.3. The summed E-state index contributed by atoms with van der Waals surface area (Å²) in [5.41, 5.74) is 0.861. The highest BCUT2D eigenvalue weighted by Gasteiger charge is 2.43. The standard InChI is InChI=1S/C15H11N3O3/c16-18(15(21)9-5-7-17-8-6-9)12-13(19)10-3-1-2-4-11(10)14(12)20/h1-8,12H,16H2. The van der Waals surface area contributed by atoms with Gasteiger partial charge in [0.15, 0.2) is 17.6 Å². The molecule has 1 aromatic heterocycles. The van der Waals surface area contributed by atoms with Gasteiger partial charge in [-0.25, -0.2) is 5.84 Å². The summed E-state index contributed by atoms with van der Waals surface area (Å²) in [5, 5.41) is 0.694. The van der Waals surface area contributed by atoms with Gasteiger partial charge >= 0.3 is 0 Å². The predicted octanol–water partition coefficient (Wildman–Crippen LogP) is 0.845. The Balaban J connectivity index is 1.94. The van der Waals surface area contributed by atoms with E-state index in [-0.39, 0.29) is 5.56 Å². The van der Waals surface area contributed by atoms with Crippen LogP contribution < -0.4 is 5.84 Å². The number of benzene rings is 1. The lowest BCUT2D eigenvalue weighted by atomic mass is 10.1. The van der Waals surface area contributed by atoms with Gasteiger partial charge in [0.2, 0.25) is 0 Å². The molecule has 1 amide bonds. The second-order valence-electron chi connectivity index (χ2n) is 4.62. The largest absolute Gasteiger partial charge is 0.291 e. The molecular weight excluding hydrogens is 270 g/mol. The normalized spacial score (nSPS) is 14.1. The first-order valence-electron chi connectivity index (χ1n) is 6.27. The molecule has 1 aliphatic rings. The topological polar surface area (TPSA) is 93.4 Å². The Morgan fingerprint density at radius 2 is 1.52 bits per heavy atom. The molecule has 1 heterocycles. The number of hydrazine groups is 1. The van der Waals surface area contributed by atoms with Gasteiger partial charge in [-0.15, -0.1) is 0 Å². The molecule has 0 saturated carbocycles. The van der Waals surface area contributed by atoms with Gasteiger partial charge in [-0.3, -0.25) is 24.4 Å². The smallest absolute Gasteiger partial charge is 0.269 e. The van der Waals surface area contributed by atoms with Crippen molar-refractivity contribution >= 4 is 17.5 Å². The number of hydrogen-bond acceptors (Lipinski definition) is 5. The van der Waals surface area contributed by atoms with Crippen LogP contribution in [0, 0.1) is 0 Å². The summed E-state index contributed by atoms with van der Waals surface area (Å²) in [5.74, 6) is 4.22. The molecule has 2 N–H and O–H groups in total. The molecule has 0 spiro atoms. The third kappa shape index (κ3) is 2.02. The fraction of sp³-hybridized carbons (Fsp3) is 0.0667. The van der Waals surface area contributed by atoms with Crippen molar-refractivity contribution in [2.45, 2.75) is 6.04 Å². The van der Waals surface area contributed by atoms with Gasteiger partial charge in [0, 0.05) is 29.1 Å². The molecule has 0 bridgehead atoms. The number of pyridine rings is 1. The van der Waals surface area contributed by atoms with E-state index < -0.39 is 23.5 Å². The van der Waals surface area contributed by atoms with Gasteiger partial charge in [0.1, 0.15) is 0 Å². The van der Waals surface area contributed by atoms with Crippen molar-refractivity contribution < 1.29 is 14.4 Å². The lowest BCUT2D eigenvalue weighted by Crippen LogP contribution is -2.51. The monoisotopic (exact) mass is 281 g/mol. The first kappa shape index (κ1) is 13.1. The van der Waals surface area contributed by atoms with Crippen molar-refractivity contribution in [1.29, 1.82) is 0 Å². The number of ketones is 2. The molecule has 1 aliphatic carbocycles. The number of nitrogens with two attached hydrogens (primary N) is 1. The number of carbonyl (C=O) groups is 3. The number of hydrogen-bond donors (Lipinski definition) is 1. The number of carbonyl (C=O) groups excluding carboxylic acids is 3. The molecule has 6 heteroatoms. The molecule has 0 radical (unpaired) electrons. The van der Waals surface area contributed by atoms with Gasteiger partial charge in [0.05, 0.1) is 0 Å². The average molecular weight is 281 g/mol. The van der Waals surface area contributed by atoms with Crippen LogP contribution >= 0.6 is 0 Å². The Morgan fingerprint density at radius 1 is 1.00 bits per heavy atom. The molecule has 3 rings (SSSR count). The fourth-order valence-electron chi connectivity index (χ4n) is 2.34. The molecule has 0 unspecified atom stereocenters. The number of amides is 1. The van der Waals surface area contributed by atoms with Crippen LogP contribution in [0.25, 0.3) is 0 Å². The Labute approximate surface area is 120 Å². The molecule has 0 aliphatic heterocycles. The third-order valence-corrected chi connectivity index (χ3v) is 3.39. The van der Waals surface area contributed by atoms with E-state index in [9.17, 15) is 14.4 Å². The van der Waals surface area contributed by atoms with Crippen LogP contribution in [0.3, 0.4) is 0 Å². The van der Waals surface area contributed by atoms with E-state index in [1.807, 2.05) is 0 Å². The summed E-state index contributed by atoms with van der Waals surface area (Å²) in [6.45, 7) is 0. The van der Waals surface area contributed by atoms with Gasteiger partial charge in [-0.1, -0.05) is 24.3 Å². The van der Waals surface area contributed by atoms with Crippen molar-refractivity contribution in [1.82, 2.24) is 9.99 Å². The van der Waals surface area contributed by atoms with E-state index in [0.29, 0.717) is 16.1 Å². The van der Waals surface area contributed by atoms with E-state index in [0.717, 1.165) is 0 Å². The summed E-state index contributed by atoms with van der Waals surface area (Å²) in [6, 6.07) is 8.08. The molecule has 6 nitrogen and oxygen atoms in total. The van der Waals surface area contributed by atoms with E-state index in [2.05, 4.69) is 4.98 Å². The van der Waals surface area contributed by atoms with Crippen LogP contribution in [0.4, 0.5) is 0 Å². The van der Waals surface area contributed by atoms with E-state index >= 15 is 0 Å². The van der Waals surface area contributed by atoms with Gasteiger partial charge in [-0.2, -0.15) is 0 Å². The zero-order valence-electron chi connectivity index (χ0n) is 10.9. The second-order valence-corrected chi connectivity index (χ2v) is 4.62. The number of Topliss-reactive ketones (excluding diaryl/α,β-unsaturated/α-hetero) is 2. The van der Waals surface area contributed by atoms with Gasteiger partial charge in [-0.05, 0) is 12.1 Å². The SMILES string of the molecule is NN(C(=O)c1ccncc1)C1C(=O)c2ccccc2C1=O. The van der Waals surface area contributed by atoms with Gasteiger partial charge in [0.25, 0.3) is 5.91 Å². The fourth-order valence-corrected chi connectivity index (χ4v) is 2.34. The van der Waals surface area contributed by atoms with Crippen molar-refractivity contribution in [2.24, 2.45) is 5.84 Å². The molecule has 104 valence electrons. The Kier molecular flexibility index (Phi) is 3.08. The zero-order valence-corrected chi connectivity index (χ0v) is 10.9. The molecule has 2 aromatic rings. The molecule has 1 aromatic carbocycles. The van der Waals surface area contributed by atoms with Crippen molar-refractivity contribution in [3.05, 3.63) is 65.5 Å². The summed E-state index contributed by atoms with van der Waals surface area (Å²) in [6.07, 6.45) is 2.88. The number of rotatable bonds is 2. The number of fused-ring (bicyclic) bond motifs is 1. The summed E-state index contributed by atoms with van der Waals surface area (Å²) in [7, 11) is 0. The highest BCUT2D eigenvalue weighted by Crippen LogP contribution is 2.25. The molecule has 0 atom stereocenters. The van der Waals surface area contributed by atoms with E-state index in [1.54, 1.807) is 24.3 Å². The van der Waals surface area contributed by atoms with Crippen LogP contribution in [0.2, 0.25) is 0 Å². The first-order chi connectivity index (χ1) is 10.1. The van der Waals surface area contributed by atoms with Crippen LogP contribution in [-0.2, 0) is 0 Å². The van der Waals surface area contributed by atoms with Crippen molar-refractivity contribution in [3.8, 4) is 0 Å². The maximum absolute atomic E-state index is 12.3. The van der Waals surface area contributed by atoms with Crippen LogP contribution in [0.5, 0.6) is 0 Å². The van der Waals surface area contributed by atoms with Crippen LogP contribution in [0.15, 0.2) is 48.8 Å². The quantitative estimate of drug-likeness (QED) is 0.381. The van der Waals surface area contributed by atoms with Crippen molar-refractivity contribution in [2.75, 3.05) is 0 Å². The van der Waals surface area contributed by atoms with Crippen molar-refractivity contribution in [3.63, 3.8) is 0 Å². The lowest BCUT2D eigenvalue weighted by molar-refractivity contribution is 0.0577. The van der Waals surface area contributed by atoms with Crippen LogP contribution in [0.1, 0.15) is 31.1 Å². The maximum Gasteiger partial charge on any atom is 0.269 e. The third-order valence-electron chi connectivity index (χ3n) is 3.39. The van der Waals surface area contributed by atoms with E-state index in [1.165, 1.54) is 24.5 Å². The minimum Gasteiger partial charge on any atom is -0.291 e. The highest BCUT2D eigenvalue weighted by atomic mass is 16.2. The lowest BCUT2D eigenvalue weighted by Gasteiger charge is -2.21. The van der Waals surface area contributed by atoms with Crippen LogP contribution in [-0.4, -0.2) is 33.5 Å². The number of aromatic nitrogens is 1. The Bertz CT molecular complexity index is 708. The molecule has 0 saturated heterocycles. The van der Waals surface area contributed by atoms with Gasteiger partial charge < -0.3 is 0 Å². The molecule has 0 fully saturated rings. The second kappa shape index (κ2) is 4.92. The Morgan fingerprint density at radius 3 is 2.05 bits per heavy atom. The summed E-state index contributed by atoms with van der Waals surface area (Å²) >= 11 is 0. The molecule has 21 heavy (non-hydrogen) atoms. The summed E-state index contributed by atoms with van der Waals surface area (Å²) in [4.78, 5) is 40.6. The zero-order chi connectivity index (χ0) is 15.0. The predicted molar refractivity (Wildman–Crippen MR) is 73.5 cm³/mol. The summed E-state index contributed by atoms with van der Waals surface area (Å²) < 4.78 is 0. The molecular formula is C15H11N3O3. The highest BCUT2D eigenvalue weighted by molar-refractivity contribution is 6.30. The average Bonchev–Trinajstić information content (AvgIpc) is 2.79. The minimum atomic E-state index is -1.30. The Hall–Kier alpha value is -2.86. The number of nitrogens with zero attached hydrogens (tertiary/aromatic N) is 2. The minimum absolute atomic E-state index is 0.268. The first-order valence-corrected chi connectivity index (χ1v) is 6.27. The van der Waals surface area contributed by atoms with E-state index in [4.69, 9.17) is 5.84 Å².